The maximum absolute atomic E-state index is 12.7. The Balaban J connectivity index is 1.67. The highest BCUT2D eigenvalue weighted by molar-refractivity contribution is 6.08. The number of hydrogen-bond donors (Lipinski definition) is 1. The number of imide groups is 1. The Bertz CT molecular complexity index is 720. The zero-order chi connectivity index (χ0) is 18.2. The number of nitrogens with zero attached hydrogens (tertiary/aromatic N) is 1. The zero-order valence-electron chi connectivity index (χ0n) is 14.9. The second-order valence-corrected chi connectivity index (χ2v) is 7.33. The standard InChI is InChI=1S/C19H24N2O4/c1-12-6-8-19(9-7-12)17(23)21(18(24)20-19)11-16(22)25-15-5-4-13(2)10-14(15)3/h4-5,10,12H,6-9,11H2,1-3H3,(H,20,24). The number of rotatable bonds is 3. The summed E-state index contributed by atoms with van der Waals surface area (Å²) in [6.07, 6.45) is 3.04. The average Bonchev–Trinajstić information content (AvgIpc) is 2.78. The van der Waals surface area contributed by atoms with Gasteiger partial charge in [-0.25, -0.2) is 9.59 Å². The molecule has 134 valence electrons. The predicted octanol–water partition coefficient (Wildman–Crippen LogP) is 2.71. The first-order valence-corrected chi connectivity index (χ1v) is 8.73. The van der Waals surface area contributed by atoms with Crippen LogP contribution in [0.3, 0.4) is 0 Å². The summed E-state index contributed by atoms with van der Waals surface area (Å²) >= 11 is 0. The minimum atomic E-state index is -0.830. The molecule has 0 atom stereocenters. The first kappa shape index (κ1) is 17.5. The van der Waals surface area contributed by atoms with E-state index in [0.717, 1.165) is 28.9 Å². The lowest BCUT2D eigenvalue weighted by atomic mass is 9.77. The van der Waals surface area contributed by atoms with Crippen molar-refractivity contribution in [3.05, 3.63) is 29.3 Å². The van der Waals surface area contributed by atoms with Gasteiger partial charge in [0.25, 0.3) is 5.91 Å². The first-order chi connectivity index (χ1) is 11.8. The Labute approximate surface area is 147 Å². The van der Waals surface area contributed by atoms with Gasteiger partial charge in [-0.05, 0) is 57.1 Å². The Morgan fingerprint density at radius 1 is 1.28 bits per heavy atom. The number of amides is 3. The molecule has 1 aliphatic carbocycles. The minimum absolute atomic E-state index is 0.304. The van der Waals surface area contributed by atoms with Gasteiger partial charge in [0, 0.05) is 0 Å². The molecule has 1 aromatic rings. The fourth-order valence-electron chi connectivity index (χ4n) is 3.61. The molecule has 1 aliphatic heterocycles. The van der Waals surface area contributed by atoms with E-state index in [0.29, 0.717) is 24.5 Å². The number of nitrogens with one attached hydrogen (secondary N) is 1. The van der Waals surface area contributed by atoms with Crippen molar-refractivity contribution in [1.82, 2.24) is 10.2 Å². The van der Waals surface area contributed by atoms with Crippen molar-refractivity contribution in [2.24, 2.45) is 5.92 Å². The van der Waals surface area contributed by atoms with Gasteiger partial charge in [-0.3, -0.25) is 9.69 Å². The molecule has 0 bridgehead atoms. The van der Waals surface area contributed by atoms with E-state index in [4.69, 9.17) is 4.74 Å². The third-order valence-corrected chi connectivity index (χ3v) is 5.22. The summed E-state index contributed by atoms with van der Waals surface area (Å²) in [5.74, 6) is 0.0846. The van der Waals surface area contributed by atoms with Crippen LogP contribution in [0.4, 0.5) is 4.79 Å². The molecular formula is C19H24N2O4. The summed E-state index contributed by atoms with van der Waals surface area (Å²) in [6, 6.07) is 4.98. The Hall–Kier alpha value is -2.37. The second-order valence-electron chi connectivity index (χ2n) is 7.33. The van der Waals surface area contributed by atoms with Crippen molar-refractivity contribution in [1.29, 1.82) is 0 Å². The molecular weight excluding hydrogens is 320 g/mol. The molecule has 0 radical (unpaired) electrons. The van der Waals surface area contributed by atoms with Crippen molar-refractivity contribution in [3.63, 3.8) is 0 Å². The van der Waals surface area contributed by atoms with Crippen molar-refractivity contribution in [2.75, 3.05) is 6.54 Å². The number of esters is 1. The highest BCUT2D eigenvalue weighted by Gasteiger charge is 2.52. The van der Waals surface area contributed by atoms with Crippen LogP contribution < -0.4 is 10.1 Å². The van der Waals surface area contributed by atoms with Gasteiger partial charge in [0.05, 0.1) is 0 Å². The summed E-state index contributed by atoms with van der Waals surface area (Å²) in [4.78, 5) is 38.2. The van der Waals surface area contributed by atoms with Crippen LogP contribution in [-0.2, 0) is 9.59 Å². The van der Waals surface area contributed by atoms with Gasteiger partial charge in [-0.2, -0.15) is 0 Å². The Morgan fingerprint density at radius 3 is 2.60 bits per heavy atom. The number of aryl methyl sites for hydroxylation is 2. The van der Waals surface area contributed by atoms with Crippen molar-refractivity contribution >= 4 is 17.9 Å². The van der Waals surface area contributed by atoms with Gasteiger partial charge in [-0.1, -0.05) is 24.6 Å². The molecule has 3 amide bonds. The van der Waals surface area contributed by atoms with Gasteiger partial charge < -0.3 is 10.1 Å². The molecule has 1 aromatic carbocycles. The summed E-state index contributed by atoms with van der Waals surface area (Å²) in [6.45, 7) is 5.58. The molecule has 3 rings (SSSR count). The molecule has 1 N–H and O–H groups in total. The van der Waals surface area contributed by atoms with Crippen molar-refractivity contribution in [2.45, 2.75) is 52.0 Å². The molecule has 1 saturated heterocycles. The van der Waals surface area contributed by atoms with Crippen LogP contribution in [-0.4, -0.2) is 34.9 Å². The van der Waals surface area contributed by atoms with Gasteiger partial charge >= 0.3 is 12.0 Å². The van der Waals surface area contributed by atoms with Crippen LogP contribution in [0, 0.1) is 19.8 Å². The predicted molar refractivity (Wildman–Crippen MR) is 92.2 cm³/mol. The highest BCUT2D eigenvalue weighted by Crippen LogP contribution is 2.36. The summed E-state index contributed by atoms with van der Waals surface area (Å²) < 4.78 is 5.34. The number of ether oxygens (including phenoxy) is 1. The number of hydrogen-bond acceptors (Lipinski definition) is 4. The van der Waals surface area contributed by atoms with Crippen molar-refractivity contribution in [3.8, 4) is 5.75 Å². The Kier molecular flexibility index (Phi) is 4.54. The minimum Gasteiger partial charge on any atom is -0.425 e. The molecule has 0 aromatic heterocycles. The van der Waals surface area contributed by atoms with E-state index in [1.54, 1.807) is 6.07 Å². The quantitative estimate of drug-likeness (QED) is 0.520. The van der Waals surface area contributed by atoms with E-state index in [1.165, 1.54) is 0 Å². The smallest absolute Gasteiger partial charge is 0.331 e. The zero-order valence-corrected chi connectivity index (χ0v) is 14.9. The maximum Gasteiger partial charge on any atom is 0.331 e. The van der Waals surface area contributed by atoms with E-state index in [2.05, 4.69) is 12.2 Å². The van der Waals surface area contributed by atoms with Gasteiger partial charge in [-0.15, -0.1) is 0 Å². The van der Waals surface area contributed by atoms with E-state index < -0.39 is 17.5 Å². The lowest BCUT2D eigenvalue weighted by Gasteiger charge is -2.33. The summed E-state index contributed by atoms with van der Waals surface area (Å²) in [7, 11) is 0. The van der Waals surface area contributed by atoms with E-state index in [9.17, 15) is 14.4 Å². The lowest BCUT2D eigenvalue weighted by Crippen LogP contribution is -2.49. The van der Waals surface area contributed by atoms with Gasteiger partial charge in [0.15, 0.2) is 0 Å². The fourth-order valence-corrected chi connectivity index (χ4v) is 3.61. The highest BCUT2D eigenvalue weighted by atomic mass is 16.5. The summed E-state index contributed by atoms with van der Waals surface area (Å²) in [5.41, 5.74) is 1.08. The molecule has 2 aliphatic rings. The first-order valence-electron chi connectivity index (χ1n) is 8.73. The third kappa shape index (κ3) is 3.38. The number of benzene rings is 1. The largest absolute Gasteiger partial charge is 0.425 e. The lowest BCUT2D eigenvalue weighted by molar-refractivity contribution is -0.141. The topological polar surface area (TPSA) is 75.7 Å². The molecule has 1 heterocycles. The SMILES string of the molecule is Cc1ccc(OC(=O)CN2C(=O)NC3(CCC(C)CC3)C2=O)c(C)c1. The van der Waals surface area contributed by atoms with Crippen LogP contribution in [0.5, 0.6) is 5.75 Å². The molecule has 25 heavy (non-hydrogen) atoms. The van der Waals surface area contributed by atoms with E-state index in [-0.39, 0.29) is 12.5 Å². The monoisotopic (exact) mass is 344 g/mol. The molecule has 6 nitrogen and oxygen atoms in total. The molecule has 1 spiro atoms. The maximum atomic E-state index is 12.7. The fraction of sp³-hybridized carbons (Fsp3) is 0.526. The normalized spacial score (nSPS) is 26.0. The van der Waals surface area contributed by atoms with Gasteiger partial charge in [0.1, 0.15) is 17.8 Å². The van der Waals surface area contributed by atoms with Crippen LogP contribution in [0.2, 0.25) is 0 Å². The van der Waals surface area contributed by atoms with Crippen LogP contribution >= 0.6 is 0 Å². The number of urea groups is 1. The number of carbonyl (C=O) groups excluding carboxylic acids is 3. The Morgan fingerprint density at radius 2 is 1.96 bits per heavy atom. The van der Waals surface area contributed by atoms with E-state index >= 15 is 0 Å². The van der Waals surface area contributed by atoms with Crippen molar-refractivity contribution < 1.29 is 19.1 Å². The van der Waals surface area contributed by atoms with Crippen LogP contribution in [0.15, 0.2) is 18.2 Å². The summed E-state index contributed by atoms with van der Waals surface area (Å²) in [5, 5.41) is 2.81. The van der Waals surface area contributed by atoms with E-state index in [1.807, 2.05) is 26.0 Å². The van der Waals surface area contributed by atoms with Crippen LogP contribution in [0.1, 0.15) is 43.7 Å². The molecule has 6 heteroatoms. The number of carbonyl (C=O) groups is 3. The molecule has 1 saturated carbocycles. The molecule has 0 unspecified atom stereocenters. The second kappa shape index (κ2) is 6.50. The third-order valence-electron chi connectivity index (χ3n) is 5.22. The molecule has 2 fully saturated rings. The van der Waals surface area contributed by atoms with Crippen LogP contribution in [0.25, 0.3) is 0 Å². The average molecular weight is 344 g/mol. The van der Waals surface area contributed by atoms with Gasteiger partial charge in [0.2, 0.25) is 0 Å².